The fourth-order valence-electron chi connectivity index (χ4n) is 5.20. The molecule has 1 aliphatic rings. The van der Waals surface area contributed by atoms with Crippen LogP contribution in [0.3, 0.4) is 0 Å². The van der Waals surface area contributed by atoms with Crippen molar-refractivity contribution in [1.82, 2.24) is 24.8 Å². The summed E-state index contributed by atoms with van der Waals surface area (Å²) in [5.41, 5.74) is 1.06. The third kappa shape index (κ3) is 6.96. The number of aromatic amines is 1. The molecule has 42 heavy (non-hydrogen) atoms. The number of likely N-dealkylation sites (tertiary alicyclic amines) is 1. The Kier molecular flexibility index (Phi) is 9.34. The molecule has 10 nitrogen and oxygen atoms in total. The number of amides is 3. The van der Waals surface area contributed by atoms with Crippen LogP contribution >= 0.6 is 11.6 Å². The fourth-order valence-corrected chi connectivity index (χ4v) is 6.59. The minimum absolute atomic E-state index is 0.236. The van der Waals surface area contributed by atoms with Gasteiger partial charge in [-0.2, -0.15) is 0 Å². The van der Waals surface area contributed by atoms with Crippen LogP contribution in [0.25, 0.3) is 10.9 Å². The van der Waals surface area contributed by atoms with E-state index < -0.39 is 28.0 Å². The van der Waals surface area contributed by atoms with Gasteiger partial charge in [0.25, 0.3) is 5.91 Å². The van der Waals surface area contributed by atoms with Crippen LogP contribution in [0.15, 0.2) is 54.6 Å². The van der Waals surface area contributed by atoms with E-state index in [0.717, 1.165) is 10.9 Å². The predicted octanol–water partition coefficient (Wildman–Crippen LogP) is 3.53. The van der Waals surface area contributed by atoms with Crippen molar-refractivity contribution in [2.24, 2.45) is 5.41 Å². The molecule has 12 heteroatoms. The lowest BCUT2D eigenvalue weighted by Gasteiger charge is -2.52. The van der Waals surface area contributed by atoms with E-state index in [9.17, 15) is 22.8 Å². The minimum atomic E-state index is -3.81. The van der Waals surface area contributed by atoms with Gasteiger partial charge in [-0.1, -0.05) is 68.8 Å². The van der Waals surface area contributed by atoms with Crippen molar-refractivity contribution in [3.63, 3.8) is 0 Å². The van der Waals surface area contributed by atoms with Crippen LogP contribution in [0.4, 0.5) is 0 Å². The van der Waals surface area contributed by atoms with Crippen LogP contribution in [0.2, 0.25) is 5.02 Å². The zero-order valence-electron chi connectivity index (χ0n) is 24.5. The van der Waals surface area contributed by atoms with Gasteiger partial charge in [0, 0.05) is 29.0 Å². The highest BCUT2D eigenvalue weighted by molar-refractivity contribution is 7.88. The number of likely N-dealkylation sites (N-methyl/N-ethyl adjacent to an activating group) is 1. The second-order valence-electron chi connectivity index (χ2n) is 11.7. The molecule has 1 aliphatic heterocycles. The maximum Gasteiger partial charge on any atom is 0.268 e. The molecule has 4 rings (SSSR count). The van der Waals surface area contributed by atoms with Gasteiger partial charge in [0.1, 0.15) is 11.7 Å². The maximum absolute atomic E-state index is 13.7. The van der Waals surface area contributed by atoms with E-state index in [1.54, 1.807) is 40.1 Å². The molecule has 0 bridgehead atoms. The molecule has 3 N–H and O–H groups in total. The number of para-hydroxylation sites is 1. The third-order valence-corrected chi connectivity index (χ3v) is 9.33. The van der Waals surface area contributed by atoms with E-state index in [1.165, 1.54) is 0 Å². The van der Waals surface area contributed by atoms with Gasteiger partial charge in [0.2, 0.25) is 21.8 Å². The summed E-state index contributed by atoms with van der Waals surface area (Å²) in [5, 5.41) is 4.15. The summed E-state index contributed by atoms with van der Waals surface area (Å²) in [6.07, 6.45) is 0. The quantitative estimate of drug-likeness (QED) is 0.321. The molecule has 0 radical (unpaired) electrons. The normalized spacial score (nSPS) is 17.9. The molecule has 1 aromatic heterocycles. The number of nitrogens with zero attached hydrogens (tertiary/aromatic N) is 2. The summed E-state index contributed by atoms with van der Waals surface area (Å²) < 4.78 is 27.6. The molecule has 3 aromatic rings. The molecular weight excluding hydrogens is 578 g/mol. The van der Waals surface area contributed by atoms with E-state index in [-0.39, 0.29) is 42.1 Å². The highest BCUT2D eigenvalue weighted by Gasteiger charge is 2.47. The lowest BCUT2D eigenvalue weighted by atomic mass is 9.83. The number of carbonyl (C=O) groups excluding carboxylic acids is 3. The lowest BCUT2D eigenvalue weighted by Crippen LogP contribution is -2.71. The number of sulfonamides is 1. The molecule has 1 fully saturated rings. The Labute approximate surface area is 251 Å². The fraction of sp³-hybridized carbons (Fsp3) is 0.433. The number of halogens is 1. The zero-order chi connectivity index (χ0) is 30.8. The Balaban J connectivity index is 1.38. The number of hydrogen-bond acceptors (Lipinski definition) is 5. The Morgan fingerprint density at radius 3 is 2.40 bits per heavy atom. The van der Waals surface area contributed by atoms with Crippen LogP contribution in [0.5, 0.6) is 0 Å². The van der Waals surface area contributed by atoms with Crippen molar-refractivity contribution in [3.8, 4) is 0 Å². The first kappa shape index (κ1) is 31.5. The number of rotatable bonds is 10. The highest BCUT2D eigenvalue weighted by atomic mass is 35.5. The molecule has 0 saturated carbocycles. The van der Waals surface area contributed by atoms with Gasteiger partial charge >= 0.3 is 0 Å². The molecule has 2 heterocycles. The predicted molar refractivity (Wildman–Crippen MR) is 163 cm³/mol. The second kappa shape index (κ2) is 12.4. The van der Waals surface area contributed by atoms with Crippen molar-refractivity contribution in [1.29, 1.82) is 0 Å². The Bertz CT molecular complexity index is 1550. The summed E-state index contributed by atoms with van der Waals surface area (Å²) in [6.45, 7) is 9.55. The van der Waals surface area contributed by atoms with E-state index in [2.05, 4.69) is 15.0 Å². The van der Waals surface area contributed by atoms with Gasteiger partial charge < -0.3 is 20.1 Å². The Morgan fingerprint density at radius 2 is 1.79 bits per heavy atom. The van der Waals surface area contributed by atoms with Crippen molar-refractivity contribution in [2.75, 3.05) is 19.6 Å². The van der Waals surface area contributed by atoms with Crippen molar-refractivity contribution in [3.05, 3.63) is 70.9 Å². The van der Waals surface area contributed by atoms with Gasteiger partial charge in [0.15, 0.2) is 0 Å². The standard InChI is InChI=1S/C30H38ClN5O5S/c1-6-35(26(37)16-32-42(40,41)18-21-12-7-9-13-22(21)31)25-17-36(19(25)2)29(39)27(30(3,4)5)34-28(38)24-15-20-11-8-10-14-23(20)33-24/h7-15,19,25,27,32-33H,6,16-18H2,1-5H3,(H,34,38)/t19?,25-,27-/m1/s1. The molecule has 1 unspecified atom stereocenters. The van der Waals surface area contributed by atoms with E-state index >= 15 is 0 Å². The van der Waals surface area contributed by atoms with E-state index in [1.807, 2.05) is 58.9 Å². The van der Waals surface area contributed by atoms with Gasteiger partial charge in [-0.25, -0.2) is 13.1 Å². The van der Waals surface area contributed by atoms with Crippen LogP contribution in [0, 0.1) is 5.41 Å². The summed E-state index contributed by atoms with van der Waals surface area (Å²) in [4.78, 5) is 46.3. The highest BCUT2D eigenvalue weighted by Crippen LogP contribution is 2.29. The molecule has 3 atom stereocenters. The Morgan fingerprint density at radius 1 is 1.12 bits per heavy atom. The Hall–Kier alpha value is -3.41. The van der Waals surface area contributed by atoms with E-state index in [4.69, 9.17) is 11.6 Å². The SMILES string of the molecule is CCN(C(=O)CNS(=O)(=O)Cc1ccccc1Cl)[C@@H]1CN(C(=O)[C@@H](NC(=O)c2cc3ccccc3[nH]2)C(C)(C)C)C1C. The first-order chi connectivity index (χ1) is 19.7. The second-order valence-corrected chi connectivity index (χ2v) is 13.9. The molecule has 3 amide bonds. The first-order valence-corrected chi connectivity index (χ1v) is 15.9. The summed E-state index contributed by atoms with van der Waals surface area (Å²) in [5.74, 6) is -1.34. The molecule has 1 saturated heterocycles. The lowest BCUT2D eigenvalue weighted by molar-refractivity contribution is -0.155. The molecular formula is C30H38ClN5O5S. The average molecular weight is 616 g/mol. The summed E-state index contributed by atoms with van der Waals surface area (Å²) in [7, 11) is -3.81. The first-order valence-electron chi connectivity index (χ1n) is 13.9. The maximum atomic E-state index is 13.7. The topological polar surface area (TPSA) is 132 Å². The van der Waals surface area contributed by atoms with Crippen LogP contribution in [-0.4, -0.2) is 78.7 Å². The van der Waals surface area contributed by atoms with E-state index in [0.29, 0.717) is 22.8 Å². The minimum Gasteiger partial charge on any atom is -0.351 e. The number of hydrogen-bond donors (Lipinski definition) is 3. The van der Waals surface area contributed by atoms with Crippen molar-refractivity contribution in [2.45, 2.75) is 58.5 Å². The number of nitrogens with one attached hydrogen (secondary N) is 3. The molecule has 2 aromatic carbocycles. The number of benzene rings is 2. The number of H-pyrrole nitrogens is 1. The number of aromatic nitrogens is 1. The van der Waals surface area contributed by atoms with Gasteiger partial charge in [-0.05, 0) is 43.0 Å². The van der Waals surface area contributed by atoms with Crippen LogP contribution in [-0.2, 0) is 25.4 Å². The molecule has 0 spiro atoms. The molecule has 0 aliphatic carbocycles. The van der Waals surface area contributed by atoms with Gasteiger partial charge in [-0.15, -0.1) is 0 Å². The average Bonchev–Trinajstić information content (AvgIpc) is 3.37. The monoisotopic (exact) mass is 615 g/mol. The van der Waals surface area contributed by atoms with Crippen LogP contribution in [0.1, 0.15) is 50.7 Å². The largest absolute Gasteiger partial charge is 0.351 e. The van der Waals surface area contributed by atoms with Gasteiger partial charge in [0.05, 0.1) is 24.4 Å². The van der Waals surface area contributed by atoms with Gasteiger partial charge in [-0.3, -0.25) is 14.4 Å². The van der Waals surface area contributed by atoms with Crippen LogP contribution < -0.4 is 10.0 Å². The summed E-state index contributed by atoms with van der Waals surface area (Å²) in [6, 6.07) is 14.5. The van der Waals surface area contributed by atoms with Crippen molar-refractivity contribution < 1.29 is 22.8 Å². The summed E-state index contributed by atoms with van der Waals surface area (Å²) >= 11 is 6.09. The zero-order valence-corrected chi connectivity index (χ0v) is 26.1. The number of carbonyl (C=O) groups is 3. The third-order valence-electron chi connectivity index (χ3n) is 7.69. The molecule has 226 valence electrons. The van der Waals surface area contributed by atoms with Crippen molar-refractivity contribution >= 4 is 50.2 Å². The number of fused-ring (bicyclic) bond motifs is 1. The smallest absolute Gasteiger partial charge is 0.268 e.